The molecule has 136 valence electrons. The first-order valence-corrected chi connectivity index (χ1v) is 8.74. The van der Waals surface area contributed by atoms with E-state index in [0.29, 0.717) is 21.8 Å². The maximum atomic E-state index is 12.3. The number of thiophene rings is 1. The Labute approximate surface area is 157 Å². The van der Waals surface area contributed by atoms with E-state index in [0.717, 1.165) is 15.8 Å². The minimum atomic E-state index is -0.463. The molecule has 0 radical (unpaired) electrons. The summed E-state index contributed by atoms with van der Waals surface area (Å²) in [6, 6.07) is 9.76. The molecular weight excluding hydrogens is 370 g/mol. The highest BCUT2D eigenvalue weighted by Gasteiger charge is 2.15. The van der Waals surface area contributed by atoms with Gasteiger partial charge in [0.05, 0.1) is 16.0 Å². The lowest BCUT2D eigenvalue weighted by atomic mass is 10.1. The molecule has 0 saturated heterocycles. The average Bonchev–Trinajstić information content (AvgIpc) is 3.27. The van der Waals surface area contributed by atoms with Crippen LogP contribution in [0.4, 0.5) is 5.69 Å². The Balaban J connectivity index is 1.50. The van der Waals surface area contributed by atoms with E-state index in [1.165, 1.54) is 29.7 Å². The topological polar surface area (TPSA) is 103 Å². The number of hydrazone groups is 1. The smallest absolute Gasteiger partial charge is 0.281 e. The molecular formula is C18H13N3O5S. The summed E-state index contributed by atoms with van der Waals surface area (Å²) in [5, 5.41) is 15.5. The van der Waals surface area contributed by atoms with Gasteiger partial charge in [-0.2, -0.15) is 5.10 Å². The predicted octanol–water partition coefficient (Wildman–Crippen LogP) is 3.61. The molecule has 27 heavy (non-hydrogen) atoms. The first kappa shape index (κ1) is 17.0. The summed E-state index contributed by atoms with van der Waals surface area (Å²) in [6.07, 6.45) is 1.54. The number of benzene rings is 2. The number of hydrogen-bond acceptors (Lipinski definition) is 7. The van der Waals surface area contributed by atoms with Crippen LogP contribution in [0, 0.1) is 17.0 Å². The number of nitrogens with zero attached hydrogens (tertiary/aromatic N) is 2. The van der Waals surface area contributed by atoms with Crippen LogP contribution in [0.2, 0.25) is 0 Å². The van der Waals surface area contributed by atoms with Gasteiger partial charge in [-0.1, -0.05) is 0 Å². The molecule has 2 aromatic carbocycles. The third-order valence-corrected chi connectivity index (χ3v) is 5.18. The molecule has 1 N–H and O–H groups in total. The van der Waals surface area contributed by atoms with E-state index in [9.17, 15) is 14.9 Å². The number of aryl methyl sites for hydroxylation is 1. The first-order valence-electron chi connectivity index (χ1n) is 7.93. The molecule has 0 unspecified atom stereocenters. The summed E-state index contributed by atoms with van der Waals surface area (Å²) in [5.41, 5.74) is 4.20. The summed E-state index contributed by atoms with van der Waals surface area (Å²) < 4.78 is 11.4. The summed E-state index contributed by atoms with van der Waals surface area (Å²) >= 11 is 1.25. The molecule has 3 aromatic rings. The zero-order valence-corrected chi connectivity index (χ0v) is 14.9. The Hall–Kier alpha value is -3.46. The number of carbonyl (C=O) groups excluding carboxylic acids is 1. The zero-order chi connectivity index (χ0) is 19.0. The molecule has 1 aliphatic rings. The molecule has 1 aromatic heterocycles. The molecule has 0 aliphatic carbocycles. The monoisotopic (exact) mass is 383 g/mol. The van der Waals surface area contributed by atoms with Crippen LogP contribution in [0.1, 0.15) is 20.8 Å². The quantitative estimate of drug-likeness (QED) is 0.421. The van der Waals surface area contributed by atoms with E-state index in [4.69, 9.17) is 9.47 Å². The largest absolute Gasteiger partial charge is 0.454 e. The Morgan fingerprint density at radius 1 is 1.26 bits per heavy atom. The molecule has 0 bridgehead atoms. The van der Waals surface area contributed by atoms with Gasteiger partial charge in [-0.05, 0) is 36.8 Å². The van der Waals surface area contributed by atoms with Crippen molar-refractivity contribution < 1.29 is 19.2 Å². The van der Waals surface area contributed by atoms with Crippen LogP contribution in [-0.2, 0) is 0 Å². The van der Waals surface area contributed by atoms with Gasteiger partial charge in [-0.15, -0.1) is 11.3 Å². The Morgan fingerprint density at radius 3 is 2.81 bits per heavy atom. The van der Waals surface area contributed by atoms with Crippen molar-refractivity contribution in [2.45, 2.75) is 6.92 Å². The summed E-state index contributed by atoms with van der Waals surface area (Å²) in [5.74, 6) is 0.945. The van der Waals surface area contributed by atoms with Crippen molar-refractivity contribution in [3.05, 3.63) is 62.5 Å². The Morgan fingerprint density at radius 2 is 2.04 bits per heavy atom. The predicted molar refractivity (Wildman–Crippen MR) is 101 cm³/mol. The number of rotatable bonds is 4. The number of amides is 1. The molecule has 8 nitrogen and oxygen atoms in total. The van der Waals surface area contributed by atoms with E-state index >= 15 is 0 Å². The van der Waals surface area contributed by atoms with Gasteiger partial charge in [-0.25, -0.2) is 5.43 Å². The third-order valence-electron chi connectivity index (χ3n) is 4.07. The maximum Gasteiger partial charge on any atom is 0.281 e. The van der Waals surface area contributed by atoms with Crippen LogP contribution in [0.3, 0.4) is 0 Å². The molecule has 0 saturated carbocycles. The second-order valence-electron chi connectivity index (χ2n) is 5.85. The normalized spacial score (nSPS) is 12.6. The highest BCUT2D eigenvalue weighted by molar-refractivity contribution is 7.20. The number of nitrogens with one attached hydrogen (secondary N) is 1. The van der Waals surface area contributed by atoms with Crippen molar-refractivity contribution in [3.8, 4) is 11.5 Å². The van der Waals surface area contributed by atoms with Gasteiger partial charge in [0.25, 0.3) is 11.6 Å². The summed E-state index contributed by atoms with van der Waals surface area (Å²) in [7, 11) is 0. The van der Waals surface area contributed by atoms with E-state index in [2.05, 4.69) is 10.5 Å². The lowest BCUT2D eigenvalue weighted by Crippen LogP contribution is -2.16. The van der Waals surface area contributed by atoms with Crippen LogP contribution < -0.4 is 14.9 Å². The minimum Gasteiger partial charge on any atom is -0.454 e. The highest BCUT2D eigenvalue weighted by atomic mass is 32.1. The minimum absolute atomic E-state index is 0.0106. The van der Waals surface area contributed by atoms with Crippen molar-refractivity contribution in [2.24, 2.45) is 5.10 Å². The van der Waals surface area contributed by atoms with Crippen LogP contribution in [0.15, 0.2) is 41.5 Å². The third kappa shape index (κ3) is 3.32. The van der Waals surface area contributed by atoms with Crippen LogP contribution in [0.5, 0.6) is 11.5 Å². The molecule has 1 aliphatic heterocycles. The highest BCUT2D eigenvalue weighted by Crippen LogP contribution is 2.34. The lowest BCUT2D eigenvalue weighted by Gasteiger charge is -2.02. The van der Waals surface area contributed by atoms with Crippen LogP contribution in [0.25, 0.3) is 10.1 Å². The first-order chi connectivity index (χ1) is 13.0. The number of nitro benzene ring substituents is 1. The number of ether oxygens (including phenoxy) is 2. The van der Waals surface area contributed by atoms with Crippen molar-refractivity contribution in [2.75, 3.05) is 6.79 Å². The van der Waals surface area contributed by atoms with E-state index in [1.807, 2.05) is 13.0 Å². The van der Waals surface area contributed by atoms with E-state index in [-0.39, 0.29) is 18.4 Å². The molecule has 9 heteroatoms. The summed E-state index contributed by atoms with van der Waals surface area (Å²) in [6.45, 7) is 2.10. The maximum absolute atomic E-state index is 12.3. The molecule has 0 fully saturated rings. The van der Waals surface area contributed by atoms with E-state index < -0.39 is 4.92 Å². The van der Waals surface area contributed by atoms with Crippen LogP contribution >= 0.6 is 11.3 Å². The SMILES string of the molecule is Cc1cc2c(cc1/C=N\NC(=O)c1cc3cc([N+](=O)[O-])ccc3s1)OCO2. The van der Waals surface area contributed by atoms with Crippen LogP contribution in [-0.4, -0.2) is 23.8 Å². The summed E-state index contributed by atoms with van der Waals surface area (Å²) in [4.78, 5) is 23.1. The van der Waals surface area contributed by atoms with Gasteiger partial charge in [0.2, 0.25) is 6.79 Å². The van der Waals surface area contributed by atoms with Gasteiger partial charge >= 0.3 is 0 Å². The van der Waals surface area contributed by atoms with Gasteiger partial charge in [0, 0.05) is 27.8 Å². The van der Waals surface area contributed by atoms with Gasteiger partial charge in [-0.3, -0.25) is 14.9 Å². The van der Waals surface area contributed by atoms with Gasteiger partial charge < -0.3 is 9.47 Å². The fourth-order valence-electron chi connectivity index (χ4n) is 2.67. The van der Waals surface area contributed by atoms with Crippen molar-refractivity contribution >= 4 is 39.2 Å². The van der Waals surface area contributed by atoms with Crippen molar-refractivity contribution in [1.29, 1.82) is 0 Å². The number of non-ortho nitro benzene ring substituents is 1. The number of carbonyl (C=O) groups is 1. The fraction of sp³-hybridized carbons (Fsp3) is 0.111. The number of nitro groups is 1. The standard InChI is InChI=1S/C18H13N3O5S/c1-10-4-14-15(26-9-25-14)6-12(10)8-19-20-18(22)17-7-11-5-13(21(23)24)2-3-16(11)27-17/h2-8H,9H2,1H3,(H,20,22)/b19-8-. The molecule has 0 atom stereocenters. The average molecular weight is 383 g/mol. The second kappa shape index (κ2) is 6.69. The molecule has 4 rings (SSSR count). The van der Waals surface area contributed by atoms with Crippen molar-refractivity contribution in [1.82, 2.24) is 5.43 Å². The molecule has 1 amide bonds. The van der Waals surface area contributed by atoms with Gasteiger partial charge in [0.1, 0.15) is 0 Å². The van der Waals surface area contributed by atoms with Crippen molar-refractivity contribution in [3.63, 3.8) is 0 Å². The Bertz CT molecular complexity index is 1110. The number of hydrogen-bond donors (Lipinski definition) is 1. The zero-order valence-electron chi connectivity index (χ0n) is 14.1. The fourth-order valence-corrected chi connectivity index (χ4v) is 3.60. The second-order valence-corrected chi connectivity index (χ2v) is 6.93. The Kier molecular flexibility index (Phi) is 4.21. The molecule has 2 heterocycles. The van der Waals surface area contributed by atoms with Gasteiger partial charge in [0.15, 0.2) is 11.5 Å². The number of fused-ring (bicyclic) bond motifs is 2. The lowest BCUT2D eigenvalue weighted by molar-refractivity contribution is -0.384. The molecule has 0 spiro atoms. The van der Waals surface area contributed by atoms with E-state index in [1.54, 1.807) is 18.2 Å².